The summed E-state index contributed by atoms with van der Waals surface area (Å²) in [5.74, 6) is -0.455. The highest BCUT2D eigenvalue weighted by Gasteiger charge is 2.21. The maximum atomic E-state index is 11.9. The number of hydrogen-bond donors (Lipinski definition) is 3. The molecule has 0 radical (unpaired) electrons. The average molecular weight is 333 g/mol. The minimum Gasteiger partial charge on any atom is -0.348 e. The van der Waals surface area contributed by atoms with Crippen molar-refractivity contribution in [1.29, 1.82) is 0 Å². The van der Waals surface area contributed by atoms with Crippen molar-refractivity contribution in [3.8, 4) is 0 Å². The van der Waals surface area contributed by atoms with Crippen molar-refractivity contribution in [2.45, 2.75) is 47.1 Å². The number of rotatable bonds is 6. The third kappa shape index (κ3) is 6.40. The van der Waals surface area contributed by atoms with E-state index < -0.39 is 5.41 Å². The van der Waals surface area contributed by atoms with Crippen LogP contribution in [0.5, 0.6) is 0 Å². The maximum absolute atomic E-state index is 11.9. The van der Waals surface area contributed by atoms with Gasteiger partial charge >= 0.3 is 0 Å². The second kappa shape index (κ2) is 8.47. The first kappa shape index (κ1) is 19.7. The van der Waals surface area contributed by atoms with E-state index in [1.807, 2.05) is 19.1 Å². The third-order valence-electron chi connectivity index (χ3n) is 3.48. The first-order valence-electron chi connectivity index (χ1n) is 8.11. The molecule has 3 N–H and O–H groups in total. The molecule has 3 amide bonds. The maximum Gasteiger partial charge on any atom is 0.239 e. The van der Waals surface area contributed by atoms with Crippen LogP contribution in [-0.4, -0.2) is 24.3 Å². The molecule has 0 fully saturated rings. The van der Waals surface area contributed by atoms with Crippen LogP contribution in [0.2, 0.25) is 0 Å². The molecule has 0 saturated carbocycles. The molecule has 1 aromatic carbocycles. The fourth-order valence-corrected chi connectivity index (χ4v) is 1.91. The minimum atomic E-state index is -0.523. The Hall–Kier alpha value is -2.37. The summed E-state index contributed by atoms with van der Waals surface area (Å²) in [4.78, 5) is 35.0. The Morgan fingerprint density at radius 1 is 1.04 bits per heavy atom. The van der Waals surface area contributed by atoms with Crippen LogP contribution in [0.1, 0.15) is 52.6 Å². The Labute approximate surface area is 143 Å². The van der Waals surface area contributed by atoms with Crippen molar-refractivity contribution in [3.05, 3.63) is 29.8 Å². The Kier molecular flexibility index (Phi) is 6.95. The van der Waals surface area contributed by atoms with E-state index in [1.54, 1.807) is 39.8 Å². The molecule has 1 atom stereocenters. The molecule has 0 bridgehead atoms. The van der Waals surface area contributed by atoms with E-state index in [0.29, 0.717) is 6.42 Å². The molecule has 0 saturated heterocycles. The molecular weight excluding hydrogens is 306 g/mol. The molecule has 6 heteroatoms. The predicted molar refractivity (Wildman–Crippen MR) is 94.4 cm³/mol. The molecule has 0 aromatic heterocycles. The van der Waals surface area contributed by atoms with Crippen LogP contribution in [0.25, 0.3) is 0 Å². The molecule has 0 spiro atoms. The van der Waals surface area contributed by atoms with Crippen molar-refractivity contribution in [3.63, 3.8) is 0 Å². The van der Waals surface area contributed by atoms with Gasteiger partial charge in [-0.15, -0.1) is 0 Å². The summed E-state index contributed by atoms with van der Waals surface area (Å²) in [6.07, 6.45) is 0.425. The van der Waals surface area contributed by atoms with E-state index in [1.165, 1.54) is 0 Å². The van der Waals surface area contributed by atoms with Crippen LogP contribution in [0.4, 0.5) is 5.69 Å². The van der Waals surface area contributed by atoms with Gasteiger partial charge in [-0.1, -0.05) is 39.8 Å². The number of carbonyl (C=O) groups is 3. The van der Waals surface area contributed by atoms with Crippen LogP contribution >= 0.6 is 0 Å². The quantitative estimate of drug-likeness (QED) is 0.747. The molecule has 1 aromatic rings. The van der Waals surface area contributed by atoms with E-state index >= 15 is 0 Å². The molecule has 0 aliphatic carbocycles. The highest BCUT2D eigenvalue weighted by Crippen LogP contribution is 2.16. The summed E-state index contributed by atoms with van der Waals surface area (Å²) >= 11 is 0. The normalized spacial score (nSPS) is 12.2. The fraction of sp³-hybridized carbons (Fsp3) is 0.500. The molecule has 6 nitrogen and oxygen atoms in total. The van der Waals surface area contributed by atoms with Crippen LogP contribution in [0.3, 0.4) is 0 Å². The number of carbonyl (C=O) groups excluding carboxylic acids is 3. The zero-order chi connectivity index (χ0) is 18.3. The Bertz CT molecular complexity index is 589. The molecular formula is C18H27N3O3. The van der Waals surface area contributed by atoms with Gasteiger partial charge in [0.1, 0.15) is 0 Å². The molecule has 24 heavy (non-hydrogen) atoms. The lowest BCUT2D eigenvalue weighted by Gasteiger charge is -2.19. The lowest BCUT2D eigenvalue weighted by Crippen LogP contribution is -2.42. The zero-order valence-corrected chi connectivity index (χ0v) is 15.0. The van der Waals surface area contributed by atoms with Gasteiger partial charge < -0.3 is 16.0 Å². The van der Waals surface area contributed by atoms with Crippen LogP contribution in [0, 0.1) is 5.41 Å². The number of anilines is 1. The Balaban J connectivity index is 2.52. The lowest BCUT2D eigenvalue weighted by atomic mass is 9.96. The number of benzene rings is 1. The van der Waals surface area contributed by atoms with E-state index in [2.05, 4.69) is 16.0 Å². The van der Waals surface area contributed by atoms with Gasteiger partial charge in [0.2, 0.25) is 17.7 Å². The van der Waals surface area contributed by atoms with E-state index in [4.69, 9.17) is 0 Å². The second-order valence-electron chi connectivity index (χ2n) is 6.75. The molecule has 1 unspecified atom stereocenters. The minimum absolute atomic E-state index is 0.0429. The molecule has 0 aliphatic heterocycles. The largest absolute Gasteiger partial charge is 0.348 e. The number of nitrogens with one attached hydrogen (secondary N) is 3. The van der Waals surface area contributed by atoms with E-state index in [0.717, 1.165) is 11.3 Å². The monoisotopic (exact) mass is 333 g/mol. The third-order valence-corrected chi connectivity index (χ3v) is 3.48. The van der Waals surface area contributed by atoms with Crippen molar-refractivity contribution < 1.29 is 14.4 Å². The zero-order valence-electron chi connectivity index (χ0n) is 15.0. The van der Waals surface area contributed by atoms with Gasteiger partial charge in [-0.3, -0.25) is 14.4 Å². The van der Waals surface area contributed by atoms with Crippen LogP contribution < -0.4 is 16.0 Å². The first-order valence-corrected chi connectivity index (χ1v) is 8.11. The summed E-state index contributed by atoms with van der Waals surface area (Å²) in [5, 5.41) is 8.22. The summed E-state index contributed by atoms with van der Waals surface area (Å²) in [7, 11) is 0. The van der Waals surface area contributed by atoms with Crippen LogP contribution in [0.15, 0.2) is 24.3 Å². The topological polar surface area (TPSA) is 87.3 Å². The lowest BCUT2D eigenvalue weighted by molar-refractivity contribution is -0.131. The molecule has 0 heterocycles. The van der Waals surface area contributed by atoms with Gasteiger partial charge in [-0.2, -0.15) is 0 Å². The summed E-state index contributed by atoms with van der Waals surface area (Å²) < 4.78 is 0. The number of hydrogen-bond acceptors (Lipinski definition) is 3. The smallest absolute Gasteiger partial charge is 0.239 e. The van der Waals surface area contributed by atoms with Gasteiger partial charge in [-0.25, -0.2) is 0 Å². The van der Waals surface area contributed by atoms with Gasteiger partial charge in [0, 0.05) is 17.5 Å². The SMILES string of the molecule is CCC(=O)Nc1ccc(C(C)NC(=O)CNC(=O)C(C)(C)C)cc1. The highest BCUT2D eigenvalue weighted by atomic mass is 16.2. The van der Waals surface area contributed by atoms with Gasteiger partial charge in [0.25, 0.3) is 0 Å². The summed E-state index contributed by atoms with van der Waals surface area (Å²) in [5.41, 5.74) is 1.12. The predicted octanol–water partition coefficient (Wildman–Crippen LogP) is 2.37. The van der Waals surface area contributed by atoms with Crippen molar-refractivity contribution in [2.24, 2.45) is 5.41 Å². The van der Waals surface area contributed by atoms with Gasteiger partial charge in [0.05, 0.1) is 12.6 Å². The van der Waals surface area contributed by atoms with Gasteiger partial charge in [-0.05, 0) is 24.6 Å². The highest BCUT2D eigenvalue weighted by molar-refractivity contribution is 5.90. The van der Waals surface area contributed by atoms with E-state index in [-0.39, 0.29) is 30.3 Å². The Morgan fingerprint density at radius 2 is 1.62 bits per heavy atom. The van der Waals surface area contributed by atoms with Gasteiger partial charge in [0.15, 0.2) is 0 Å². The van der Waals surface area contributed by atoms with Crippen molar-refractivity contribution >= 4 is 23.4 Å². The second-order valence-corrected chi connectivity index (χ2v) is 6.75. The Morgan fingerprint density at radius 3 is 2.12 bits per heavy atom. The molecule has 132 valence electrons. The molecule has 0 aliphatic rings. The van der Waals surface area contributed by atoms with Crippen molar-refractivity contribution in [2.75, 3.05) is 11.9 Å². The summed E-state index contributed by atoms with van der Waals surface area (Å²) in [6, 6.07) is 7.10. The van der Waals surface area contributed by atoms with E-state index in [9.17, 15) is 14.4 Å². The number of amides is 3. The first-order chi connectivity index (χ1) is 11.1. The van der Waals surface area contributed by atoms with Crippen LogP contribution in [-0.2, 0) is 14.4 Å². The average Bonchev–Trinajstić information content (AvgIpc) is 2.52. The molecule has 1 rings (SSSR count). The summed E-state index contributed by atoms with van der Waals surface area (Å²) in [6.45, 7) is 8.99. The fourth-order valence-electron chi connectivity index (χ4n) is 1.91. The standard InChI is InChI=1S/C18H27N3O3/c1-6-15(22)21-14-9-7-13(8-10-14)12(2)20-16(23)11-19-17(24)18(3,4)5/h7-10,12H,6,11H2,1-5H3,(H,19,24)(H,20,23)(H,21,22). The van der Waals surface area contributed by atoms with Crippen molar-refractivity contribution in [1.82, 2.24) is 10.6 Å².